The molecule has 0 radical (unpaired) electrons. The number of nitrogens with one attached hydrogen (secondary N) is 1. The van der Waals surface area contributed by atoms with Crippen molar-refractivity contribution in [3.8, 4) is 0 Å². The summed E-state index contributed by atoms with van der Waals surface area (Å²) in [5, 5.41) is 6.98. The number of carbonyl (C=O) groups is 2. The summed E-state index contributed by atoms with van der Waals surface area (Å²) in [4.78, 5) is 27.3. The van der Waals surface area contributed by atoms with Crippen molar-refractivity contribution in [3.05, 3.63) is 83.2 Å². The number of halogens is 3. The van der Waals surface area contributed by atoms with Crippen LogP contribution < -0.4 is 10.2 Å². The Labute approximate surface area is 189 Å². The fourth-order valence-corrected chi connectivity index (χ4v) is 3.55. The van der Waals surface area contributed by atoms with E-state index in [1.807, 2.05) is 37.3 Å². The van der Waals surface area contributed by atoms with Crippen LogP contribution in [-0.4, -0.2) is 28.1 Å². The summed E-state index contributed by atoms with van der Waals surface area (Å²) in [7, 11) is 0. The molecule has 0 fully saturated rings. The fourth-order valence-electron chi connectivity index (χ4n) is 3.55. The summed E-state index contributed by atoms with van der Waals surface area (Å²) in [5.74, 6) is -0.930. The maximum absolute atomic E-state index is 13.2. The van der Waals surface area contributed by atoms with E-state index in [1.165, 1.54) is 27.9 Å². The Bertz CT molecular complexity index is 1110. The van der Waals surface area contributed by atoms with Crippen molar-refractivity contribution < 1.29 is 22.8 Å². The van der Waals surface area contributed by atoms with Crippen LogP contribution >= 0.6 is 13.5 Å². The van der Waals surface area contributed by atoms with Crippen LogP contribution in [0.4, 0.5) is 18.9 Å². The van der Waals surface area contributed by atoms with Crippen molar-refractivity contribution in [1.29, 1.82) is 0 Å². The topological polar surface area (TPSA) is 67.2 Å². The molecular weight excluding hydrogens is 441 g/mol. The highest BCUT2D eigenvalue weighted by Gasteiger charge is 2.36. The monoisotopic (exact) mass is 462 g/mol. The van der Waals surface area contributed by atoms with Crippen LogP contribution in [0.25, 0.3) is 0 Å². The molecule has 168 valence electrons. The highest BCUT2D eigenvalue weighted by atomic mass is 32.1. The molecule has 0 aliphatic carbocycles. The van der Waals surface area contributed by atoms with Gasteiger partial charge in [0.2, 0.25) is 0 Å². The van der Waals surface area contributed by atoms with Gasteiger partial charge in [0, 0.05) is 18.8 Å². The van der Waals surface area contributed by atoms with Gasteiger partial charge in [-0.2, -0.15) is 31.8 Å². The van der Waals surface area contributed by atoms with Gasteiger partial charge in [0.1, 0.15) is 5.69 Å². The van der Waals surface area contributed by atoms with Gasteiger partial charge in [-0.25, -0.2) is 0 Å². The number of carbonyl (C=O) groups excluding carboxylic acids is 2. The van der Waals surface area contributed by atoms with Crippen LogP contribution in [0.2, 0.25) is 0 Å². The molecule has 0 saturated carbocycles. The molecular formula is C22H21F3N4O2S. The van der Waals surface area contributed by atoms with Crippen molar-refractivity contribution in [2.75, 3.05) is 11.4 Å². The number of aromatic nitrogens is 2. The number of hydrogen-bond acceptors (Lipinski definition) is 3. The molecule has 1 N–H and O–H groups in total. The van der Waals surface area contributed by atoms with Crippen LogP contribution in [0.3, 0.4) is 0 Å². The molecule has 3 aromatic rings. The first-order chi connectivity index (χ1) is 14.8. The van der Waals surface area contributed by atoms with Crippen molar-refractivity contribution in [3.63, 3.8) is 0 Å². The van der Waals surface area contributed by atoms with Gasteiger partial charge in [0.25, 0.3) is 11.8 Å². The molecule has 1 aliphatic heterocycles. The van der Waals surface area contributed by atoms with Crippen molar-refractivity contribution in [1.82, 2.24) is 15.1 Å². The molecule has 0 unspecified atom stereocenters. The Kier molecular flexibility index (Phi) is 6.63. The van der Waals surface area contributed by atoms with Gasteiger partial charge >= 0.3 is 6.18 Å². The fraction of sp³-hybridized carbons (Fsp3) is 0.227. The van der Waals surface area contributed by atoms with Gasteiger partial charge in [-0.3, -0.25) is 14.3 Å². The Morgan fingerprint density at radius 1 is 1.12 bits per heavy atom. The number of alkyl halides is 3. The average Bonchev–Trinajstić information content (AvgIpc) is 3.21. The molecule has 1 aromatic heterocycles. The number of anilines is 1. The predicted molar refractivity (Wildman–Crippen MR) is 118 cm³/mol. The van der Waals surface area contributed by atoms with E-state index >= 15 is 0 Å². The predicted octanol–water partition coefficient (Wildman–Crippen LogP) is 4.17. The highest BCUT2D eigenvalue weighted by molar-refractivity contribution is 7.59. The van der Waals surface area contributed by atoms with E-state index in [-0.39, 0.29) is 43.9 Å². The first kappa shape index (κ1) is 23.4. The van der Waals surface area contributed by atoms with E-state index in [4.69, 9.17) is 0 Å². The minimum absolute atomic E-state index is 0. The quantitative estimate of drug-likeness (QED) is 0.633. The lowest BCUT2D eigenvalue weighted by Gasteiger charge is -2.32. The number of benzene rings is 2. The van der Waals surface area contributed by atoms with Crippen LogP contribution in [0.15, 0.2) is 60.8 Å². The van der Waals surface area contributed by atoms with E-state index in [0.29, 0.717) is 5.69 Å². The second-order valence-corrected chi connectivity index (χ2v) is 7.33. The Balaban J connectivity index is 0.00000289. The van der Waals surface area contributed by atoms with Crippen LogP contribution in [-0.2, 0) is 12.7 Å². The second-order valence-electron chi connectivity index (χ2n) is 7.33. The summed E-state index contributed by atoms with van der Waals surface area (Å²) in [6.45, 7) is 2.34. The van der Waals surface area contributed by atoms with E-state index in [9.17, 15) is 22.8 Å². The first-order valence-electron chi connectivity index (χ1n) is 9.64. The first-order valence-corrected chi connectivity index (χ1v) is 9.64. The second kappa shape index (κ2) is 9.07. The largest absolute Gasteiger partial charge is 0.416 e. The third-order valence-electron chi connectivity index (χ3n) is 5.15. The normalized spacial score (nSPS) is 15.7. The van der Waals surface area contributed by atoms with Crippen LogP contribution in [0.5, 0.6) is 0 Å². The molecule has 1 atom stereocenters. The van der Waals surface area contributed by atoms with Gasteiger partial charge in [0.05, 0.1) is 23.4 Å². The van der Waals surface area contributed by atoms with E-state index < -0.39 is 23.6 Å². The molecule has 6 nitrogen and oxygen atoms in total. The van der Waals surface area contributed by atoms with Gasteiger partial charge in [-0.1, -0.05) is 30.3 Å². The summed E-state index contributed by atoms with van der Waals surface area (Å²) < 4.78 is 40.1. The zero-order valence-corrected chi connectivity index (χ0v) is 18.1. The number of rotatable bonds is 4. The summed E-state index contributed by atoms with van der Waals surface area (Å²) in [6.07, 6.45) is -3.11. The molecule has 4 rings (SSSR count). The van der Waals surface area contributed by atoms with Crippen LogP contribution in [0, 0.1) is 0 Å². The smallest absolute Gasteiger partial charge is 0.348 e. The number of nitrogens with zero attached hydrogens (tertiary/aromatic N) is 3. The number of hydrogen-bond donors (Lipinski definition) is 1. The minimum Gasteiger partial charge on any atom is -0.348 e. The van der Waals surface area contributed by atoms with Gasteiger partial charge in [-0.05, 0) is 36.8 Å². The molecule has 0 saturated heterocycles. The zero-order valence-electron chi connectivity index (χ0n) is 17.1. The van der Waals surface area contributed by atoms with Crippen molar-refractivity contribution in [2.24, 2.45) is 0 Å². The van der Waals surface area contributed by atoms with Gasteiger partial charge in [-0.15, -0.1) is 0 Å². The van der Waals surface area contributed by atoms with Crippen LogP contribution in [0.1, 0.15) is 44.9 Å². The van der Waals surface area contributed by atoms with Crippen molar-refractivity contribution >= 4 is 31.0 Å². The van der Waals surface area contributed by atoms with Gasteiger partial charge < -0.3 is 10.2 Å². The molecule has 2 aromatic carbocycles. The molecule has 10 heteroatoms. The van der Waals surface area contributed by atoms with E-state index in [0.717, 1.165) is 17.7 Å². The standard InChI is InChI=1S/C22H19F3N4O2.H2S/c1-14-13-28(17-9-7-16(8-10-17)22(23,24)25)21(31)19-18(12-27-29(14)19)20(30)26-11-15-5-3-2-4-6-15;/h2-10,12,14H,11,13H2,1H3,(H,26,30);1H2/t14-;/m0./s1. The Morgan fingerprint density at radius 3 is 2.41 bits per heavy atom. The Hall–Kier alpha value is -3.27. The lowest BCUT2D eigenvalue weighted by atomic mass is 10.1. The molecule has 1 aliphatic rings. The number of fused-ring (bicyclic) bond motifs is 1. The molecule has 2 amide bonds. The number of amides is 2. The highest BCUT2D eigenvalue weighted by Crippen LogP contribution is 2.32. The molecule has 0 spiro atoms. The van der Waals surface area contributed by atoms with E-state index in [1.54, 1.807) is 0 Å². The molecule has 2 heterocycles. The molecule has 0 bridgehead atoms. The van der Waals surface area contributed by atoms with Crippen molar-refractivity contribution in [2.45, 2.75) is 25.7 Å². The summed E-state index contributed by atoms with van der Waals surface area (Å²) in [5.41, 5.74) is 0.685. The lowest BCUT2D eigenvalue weighted by Crippen LogP contribution is -2.43. The SMILES string of the molecule is C[C@H]1CN(c2ccc(C(F)(F)F)cc2)C(=O)c2c(C(=O)NCc3ccccc3)cnn21.S. The minimum atomic E-state index is -4.46. The maximum atomic E-state index is 13.2. The lowest BCUT2D eigenvalue weighted by molar-refractivity contribution is -0.137. The third kappa shape index (κ3) is 4.50. The Morgan fingerprint density at radius 2 is 1.78 bits per heavy atom. The van der Waals surface area contributed by atoms with Gasteiger partial charge in [0.15, 0.2) is 0 Å². The third-order valence-corrected chi connectivity index (χ3v) is 5.15. The zero-order chi connectivity index (χ0) is 22.2. The summed E-state index contributed by atoms with van der Waals surface area (Å²) in [6, 6.07) is 13.5. The maximum Gasteiger partial charge on any atom is 0.416 e. The van der Waals surface area contributed by atoms with E-state index in [2.05, 4.69) is 10.4 Å². The molecule has 32 heavy (non-hydrogen) atoms. The average molecular weight is 462 g/mol. The summed E-state index contributed by atoms with van der Waals surface area (Å²) >= 11 is 0.